The Labute approximate surface area is 105 Å². The molecule has 0 unspecified atom stereocenters. The maximum absolute atomic E-state index is 12.9. The van der Waals surface area contributed by atoms with Gasteiger partial charge in [-0.1, -0.05) is 36.4 Å². The van der Waals surface area contributed by atoms with Crippen molar-refractivity contribution in [2.24, 2.45) is 0 Å². The number of hydrogen-bond donors (Lipinski definition) is 1. The highest BCUT2D eigenvalue weighted by Gasteiger charge is 2.13. The molecule has 1 N–H and O–H groups in total. The van der Waals surface area contributed by atoms with E-state index in [0.717, 1.165) is 11.1 Å². The zero-order valence-electron chi connectivity index (χ0n) is 9.93. The smallest absolute Gasteiger partial charge is 0.196 e. The summed E-state index contributed by atoms with van der Waals surface area (Å²) in [7, 11) is 0. The van der Waals surface area contributed by atoms with Gasteiger partial charge in [-0.2, -0.15) is 0 Å². The maximum Gasteiger partial charge on any atom is 0.196 e. The summed E-state index contributed by atoms with van der Waals surface area (Å²) in [6.07, 6.45) is -1.48. The van der Waals surface area contributed by atoms with Crippen LogP contribution in [-0.2, 0) is 0 Å². The molecule has 0 aliphatic heterocycles. The predicted molar refractivity (Wildman–Crippen MR) is 68.4 cm³/mol. The summed E-state index contributed by atoms with van der Waals surface area (Å²) in [5.74, 6) is -0.302. The standard InChI is InChI=1S/C15H13FO2/c1-10(16)15(18)13-4-2-11(3-5-13)12-6-8-14(17)9-7-12/h2-10,17H,1H3/t10-/m1/s1. The molecule has 0 saturated carbocycles. The lowest BCUT2D eigenvalue weighted by atomic mass is 10.0. The van der Waals surface area contributed by atoms with Crippen LogP contribution in [0.25, 0.3) is 11.1 Å². The molecule has 0 fully saturated rings. The number of benzene rings is 2. The van der Waals surface area contributed by atoms with Gasteiger partial charge in [-0.05, 0) is 30.2 Å². The average Bonchev–Trinajstić information content (AvgIpc) is 2.39. The summed E-state index contributed by atoms with van der Waals surface area (Å²) in [4.78, 5) is 11.4. The van der Waals surface area contributed by atoms with Crippen molar-refractivity contribution in [3.05, 3.63) is 54.1 Å². The number of ketones is 1. The van der Waals surface area contributed by atoms with Crippen LogP contribution < -0.4 is 0 Å². The fourth-order valence-electron chi connectivity index (χ4n) is 1.71. The Morgan fingerprint density at radius 3 is 1.89 bits per heavy atom. The van der Waals surface area contributed by atoms with Crippen LogP contribution in [-0.4, -0.2) is 17.1 Å². The van der Waals surface area contributed by atoms with E-state index in [1.54, 1.807) is 48.5 Å². The molecule has 2 aromatic carbocycles. The molecular formula is C15H13FO2. The van der Waals surface area contributed by atoms with Crippen molar-refractivity contribution >= 4 is 5.78 Å². The number of phenols is 1. The third-order valence-electron chi connectivity index (χ3n) is 2.73. The molecule has 0 heterocycles. The van der Waals surface area contributed by atoms with E-state index in [1.165, 1.54) is 6.92 Å². The lowest BCUT2D eigenvalue weighted by Crippen LogP contribution is -2.11. The van der Waals surface area contributed by atoms with Crippen molar-refractivity contribution < 1.29 is 14.3 Å². The second-order valence-electron chi connectivity index (χ2n) is 4.10. The minimum atomic E-state index is -1.48. The van der Waals surface area contributed by atoms with Crippen LogP contribution >= 0.6 is 0 Å². The molecule has 18 heavy (non-hydrogen) atoms. The van der Waals surface area contributed by atoms with Crippen molar-refractivity contribution in [3.8, 4) is 16.9 Å². The Morgan fingerprint density at radius 1 is 1.00 bits per heavy atom. The highest BCUT2D eigenvalue weighted by Crippen LogP contribution is 2.22. The second-order valence-corrected chi connectivity index (χ2v) is 4.10. The summed E-state index contributed by atoms with van der Waals surface area (Å²) in [6, 6.07) is 13.5. The SMILES string of the molecule is C[C@@H](F)C(=O)c1ccc(-c2ccc(O)cc2)cc1. The summed E-state index contributed by atoms with van der Waals surface area (Å²) in [6.45, 7) is 1.23. The normalized spacial score (nSPS) is 12.1. The first kappa shape index (κ1) is 12.3. The van der Waals surface area contributed by atoms with Crippen LogP contribution in [0, 0.1) is 0 Å². The monoisotopic (exact) mass is 244 g/mol. The number of Topliss-reactive ketones (excluding diaryl/α,β-unsaturated/α-hetero) is 1. The van der Waals surface area contributed by atoms with Gasteiger partial charge in [0.25, 0.3) is 0 Å². The fourth-order valence-corrected chi connectivity index (χ4v) is 1.71. The fraction of sp³-hybridized carbons (Fsp3) is 0.133. The lowest BCUT2D eigenvalue weighted by molar-refractivity contribution is 0.0893. The van der Waals surface area contributed by atoms with E-state index in [0.29, 0.717) is 5.56 Å². The number of halogens is 1. The van der Waals surface area contributed by atoms with E-state index in [9.17, 15) is 14.3 Å². The molecule has 2 nitrogen and oxygen atoms in total. The number of aromatic hydroxyl groups is 1. The molecule has 0 saturated heterocycles. The van der Waals surface area contributed by atoms with E-state index in [2.05, 4.69) is 0 Å². The van der Waals surface area contributed by atoms with Gasteiger partial charge in [0, 0.05) is 5.56 Å². The minimum Gasteiger partial charge on any atom is -0.508 e. The molecule has 0 amide bonds. The number of hydrogen-bond acceptors (Lipinski definition) is 2. The Bertz CT molecular complexity index is 542. The zero-order chi connectivity index (χ0) is 13.1. The van der Waals surface area contributed by atoms with Gasteiger partial charge in [-0.25, -0.2) is 4.39 Å². The van der Waals surface area contributed by atoms with Gasteiger partial charge in [0.2, 0.25) is 0 Å². The Balaban J connectivity index is 2.27. The topological polar surface area (TPSA) is 37.3 Å². The number of carbonyl (C=O) groups is 1. The van der Waals surface area contributed by atoms with Crippen LogP contribution in [0.1, 0.15) is 17.3 Å². The summed E-state index contributed by atoms with van der Waals surface area (Å²) in [5, 5.41) is 9.20. The molecule has 0 aliphatic carbocycles. The zero-order valence-corrected chi connectivity index (χ0v) is 9.93. The van der Waals surface area contributed by atoms with Crippen molar-refractivity contribution in [1.82, 2.24) is 0 Å². The molecule has 3 heteroatoms. The van der Waals surface area contributed by atoms with Crippen LogP contribution in [0.3, 0.4) is 0 Å². The number of alkyl halides is 1. The number of carbonyl (C=O) groups excluding carboxylic acids is 1. The van der Waals surface area contributed by atoms with Crippen LogP contribution in [0.2, 0.25) is 0 Å². The number of rotatable bonds is 3. The first-order valence-electron chi connectivity index (χ1n) is 5.65. The van der Waals surface area contributed by atoms with Gasteiger partial charge in [-0.15, -0.1) is 0 Å². The third-order valence-corrected chi connectivity index (χ3v) is 2.73. The first-order chi connectivity index (χ1) is 8.58. The minimum absolute atomic E-state index is 0.205. The highest BCUT2D eigenvalue weighted by atomic mass is 19.1. The molecule has 0 spiro atoms. The van der Waals surface area contributed by atoms with Crippen LogP contribution in [0.5, 0.6) is 5.75 Å². The Kier molecular flexibility index (Phi) is 3.42. The van der Waals surface area contributed by atoms with Crippen LogP contribution in [0.15, 0.2) is 48.5 Å². The summed E-state index contributed by atoms with van der Waals surface area (Å²) in [5.41, 5.74) is 2.21. The third kappa shape index (κ3) is 2.56. The van der Waals surface area contributed by atoms with Gasteiger partial charge in [-0.3, -0.25) is 4.79 Å². The van der Waals surface area contributed by atoms with Crippen molar-refractivity contribution in [1.29, 1.82) is 0 Å². The quantitative estimate of drug-likeness (QED) is 0.837. The van der Waals surface area contributed by atoms with Gasteiger partial charge >= 0.3 is 0 Å². The molecular weight excluding hydrogens is 231 g/mol. The number of phenolic OH excluding ortho intramolecular Hbond substituents is 1. The van der Waals surface area contributed by atoms with E-state index in [-0.39, 0.29) is 5.75 Å². The van der Waals surface area contributed by atoms with Gasteiger partial charge < -0.3 is 5.11 Å². The molecule has 92 valence electrons. The molecule has 0 aromatic heterocycles. The largest absolute Gasteiger partial charge is 0.508 e. The Hall–Kier alpha value is -2.16. The highest BCUT2D eigenvalue weighted by molar-refractivity contribution is 5.99. The van der Waals surface area contributed by atoms with Gasteiger partial charge in [0.1, 0.15) is 5.75 Å². The predicted octanol–water partition coefficient (Wildman–Crippen LogP) is 3.60. The second kappa shape index (κ2) is 5.00. The molecule has 2 aromatic rings. The molecule has 1 atom stereocenters. The van der Waals surface area contributed by atoms with Gasteiger partial charge in [0.05, 0.1) is 0 Å². The Morgan fingerprint density at radius 2 is 1.44 bits per heavy atom. The summed E-state index contributed by atoms with van der Waals surface area (Å²) >= 11 is 0. The van der Waals surface area contributed by atoms with Crippen LogP contribution in [0.4, 0.5) is 4.39 Å². The van der Waals surface area contributed by atoms with E-state index in [1.807, 2.05) is 0 Å². The van der Waals surface area contributed by atoms with E-state index >= 15 is 0 Å². The molecule has 2 rings (SSSR count). The van der Waals surface area contributed by atoms with E-state index in [4.69, 9.17) is 0 Å². The molecule has 0 aliphatic rings. The van der Waals surface area contributed by atoms with Crippen molar-refractivity contribution in [2.45, 2.75) is 13.1 Å². The molecule has 0 bridgehead atoms. The summed E-state index contributed by atoms with van der Waals surface area (Å²) < 4.78 is 12.9. The van der Waals surface area contributed by atoms with Crippen molar-refractivity contribution in [2.75, 3.05) is 0 Å². The van der Waals surface area contributed by atoms with E-state index < -0.39 is 12.0 Å². The first-order valence-corrected chi connectivity index (χ1v) is 5.65. The molecule has 0 radical (unpaired) electrons. The average molecular weight is 244 g/mol. The van der Waals surface area contributed by atoms with Gasteiger partial charge in [0.15, 0.2) is 12.0 Å². The maximum atomic E-state index is 12.9. The lowest BCUT2D eigenvalue weighted by Gasteiger charge is -2.05. The van der Waals surface area contributed by atoms with Crippen molar-refractivity contribution in [3.63, 3.8) is 0 Å².